The molecule has 0 spiro atoms. The van der Waals surface area contributed by atoms with Crippen LogP contribution in [0.3, 0.4) is 0 Å². The molecule has 1 saturated heterocycles. The third kappa shape index (κ3) is 3.20. The molecule has 0 aliphatic carbocycles. The second-order valence-electron chi connectivity index (χ2n) is 2.34. The van der Waals surface area contributed by atoms with Gasteiger partial charge in [0, 0.05) is 19.0 Å². The van der Waals surface area contributed by atoms with Gasteiger partial charge in [-0.1, -0.05) is 0 Å². The Morgan fingerprint density at radius 3 is 2.55 bits per heavy atom. The maximum atomic E-state index is 10.3. The third-order valence-electron chi connectivity index (χ3n) is 1.49. The number of halogens is 1. The molecule has 0 aromatic rings. The summed E-state index contributed by atoms with van der Waals surface area (Å²) in [6.07, 6.45) is 1.30. The third-order valence-corrected chi connectivity index (χ3v) is 2.20. The van der Waals surface area contributed by atoms with Crippen LogP contribution in [0.15, 0.2) is 0 Å². The minimum Gasteiger partial charge on any atom is -0.327 e. The van der Waals surface area contributed by atoms with Gasteiger partial charge in [0.15, 0.2) is 0 Å². The van der Waals surface area contributed by atoms with Gasteiger partial charge in [-0.2, -0.15) is 8.42 Å². The van der Waals surface area contributed by atoms with Crippen LogP contribution in [0.5, 0.6) is 0 Å². The van der Waals surface area contributed by atoms with Crippen molar-refractivity contribution in [2.24, 2.45) is 5.73 Å². The van der Waals surface area contributed by atoms with Crippen LogP contribution in [-0.2, 0) is 10.3 Å². The SMILES string of the molecule is Cl.NC1CCNC(=S(=O)=O)C1. The van der Waals surface area contributed by atoms with Crippen molar-refractivity contribution >= 4 is 27.7 Å². The Morgan fingerprint density at radius 1 is 1.55 bits per heavy atom. The Balaban J connectivity index is 0.000001000. The molecule has 0 saturated carbocycles. The number of hydrogen-bond acceptors (Lipinski definition) is 3. The fraction of sp³-hybridized carbons (Fsp3) is 0.800. The van der Waals surface area contributed by atoms with E-state index in [1.54, 1.807) is 0 Å². The average molecular weight is 199 g/mol. The fourth-order valence-corrected chi connectivity index (χ4v) is 1.51. The molecule has 1 heterocycles. The van der Waals surface area contributed by atoms with E-state index in [0.29, 0.717) is 18.0 Å². The van der Waals surface area contributed by atoms with Gasteiger partial charge >= 0.3 is 0 Å². The predicted octanol–water partition coefficient (Wildman–Crippen LogP) is -0.872. The van der Waals surface area contributed by atoms with Crippen molar-refractivity contribution < 1.29 is 8.42 Å². The zero-order valence-corrected chi connectivity index (χ0v) is 7.54. The van der Waals surface area contributed by atoms with Gasteiger partial charge in [0.1, 0.15) is 4.99 Å². The van der Waals surface area contributed by atoms with Crippen LogP contribution in [0.4, 0.5) is 0 Å². The van der Waals surface area contributed by atoms with Gasteiger partial charge in [0.25, 0.3) is 0 Å². The maximum absolute atomic E-state index is 10.3. The zero-order valence-electron chi connectivity index (χ0n) is 5.91. The molecule has 1 fully saturated rings. The molecular weight excluding hydrogens is 188 g/mol. The number of nitrogens with two attached hydrogens (primary N) is 1. The van der Waals surface area contributed by atoms with E-state index in [0.717, 1.165) is 6.42 Å². The van der Waals surface area contributed by atoms with Gasteiger partial charge in [0.2, 0.25) is 10.3 Å². The van der Waals surface area contributed by atoms with E-state index in [9.17, 15) is 8.42 Å². The molecule has 1 aliphatic heterocycles. The standard InChI is InChI=1S/C5H10N2O2S.ClH/c6-4-1-2-7-5(3-4)10(8)9;/h4,7H,1-3,6H2;1H. The molecule has 3 N–H and O–H groups in total. The number of rotatable bonds is 0. The van der Waals surface area contributed by atoms with E-state index in [-0.39, 0.29) is 18.4 Å². The first-order valence-corrected chi connectivity index (χ1v) is 4.22. The first-order chi connectivity index (χ1) is 4.70. The summed E-state index contributed by atoms with van der Waals surface area (Å²) in [7, 11) is -2.10. The van der Waals surface area contributed by atoms with Gasteiger partial charge in [0.05, 0.1) is 0 Å². The van der Waals surface area contributed by atoms with Crippen LogP contribution < -0.4 is 11.1 Å². The summed E-state index contributed by atoms with van der Waals surface area (Å²) in [5, 5.41) is 2.77. The summed E-state index contributed by atoms with van der Waals surface area (Å²) in [5.74, 6) is 0. The molecule has 0 amide bonds. The molecule has 0 bridgehead atoms. The summed E-state index contributed by atoms with van der Waals surface area (Å²) in [4.78, 5) is 0.346. The molecule has 0 radical (unpaired) electrons. The first-order valence-electron chi connectivity index (χ1n) is 3.14. The van der Waals surface area contributed by atoms with Crippen molar-refractivity contribution in [3.05, 3.63) is 0 Å². The van der Waals surface area contributed by atoms with E-state index in [4.69, 9.17) is 5.73 Å². The molecule has 66 valence electrons. The second-order valence-corrected chi connectivity index (χ2v) is 3.30. The smallest absolute Gasteiger partial charge is 0.228 e. The molecular formula is C5H11ClN2O2S. The summed E-state index contributed by atoms with van der Waals surface area (Å²) in [6.45, 7) is 0.671. The van der Waals surface area contributed by atoms with Crippen molar-refractivity contribution in [3.8, 4) is 0 Å². The number of hydrogen-bond donors (Lipinski definition) is 2. The predicted molar refractivity (Wildman–Crippen MR) is 46.4 cm³/mol. The lowest BCUT2D eigenvalue weighted by atomic mass is 10.1. The van der Waals surface area contributed by atoms with E-state index in [1.807, 2.05) is 0 Å². The van der Waals surface area contributed by atoms with Crippen molar-refractivity contribution in [2.75, 3.05) is 6.54 Å². The molecule has 0 aromatic heterocycles. The minimum absolute atomic E-state index is 0. The van der Waals surface area contributed by atoms with E-state index < -0.39 is 10.3 Å². The average Bonchev–Trinajstić information content (AvgIpc) is 1.88. The van der Waals surface area contributed by atoms with Crippen LogP contribution in [0.2, 0.25) is 0 Å². The minimum atomic E-state index is -2.10. The highest BCUT2D eigenvalue weighted by Crippen LogP contribution is 1.99. The summed E-state index contributed by atoms with van der Waals surface area (Å²) < 4.78 is 20.7. The number of piperidine rings is 1. The Kier molecular flexibility index (Phi) is 4.67. The van der Waals surface area contributed by atoms with Crippen LogP contribution in [0, 0.1) is 0 Å². The summed E-state index contributed by atoms with van der Waals surface area (Å²) in [6, 6.07) is 0.00847. The summed E-state index contributed by atoms with van der Waals surface area (Å²) >= 11 is 0. The molecule has 6 heteroatoms. The van der Waals surface area contributed by atoms with E-state index >= 15 is 0 Å². The molecule has 1 aliphatic rings. The second kappa shape index (κ2) is 4.71. The lowest BCUT2D eigenvalue weighted by Gasteiger charge is -2.18. The first kappa shape index (κ1) is 10.9. The van der Waals surface area contributed by atoms with Crippen molar-refractivity contribution in [3.63, 3.8) is 0 Å². The van der Waals surface area contributed by atoms with Gasteiger partial charge in [-0.05, 0) is 6.42 Å². The van der Waals surface area contributed by atoms with E-state index in [2.05, 4.69) is 5.32 Å². The van der Waals surface area contributed by atoms with Gasteiger partial charge < -0.3 is 5.73 Å². The highest BCUT2D eigenvalue weighted by atomic mass is 35.5. The number of nitrogens with one attached hydrogen (secondary N) is 1. The van der Waals surface area contributed by atoms with Crippen LogP contribution in [-0.4, -0.2) is 26.0 Å². The largest absolute Gasteiger partial charge is 0.327 e. The lowest BCUT2D eigenvalue weighted by Crippen LogP contribution is -2.40. The molecule has 0 aromatic carbocycles. The normalized spacial score (nSPS) is 24.1. The Morgan fingerprint density at radius 2 is 2.18 bits per heavy atom. The lowest BCUT2D eigenvalue weighted by molar-refractivity contribution is 0.577. The van der Waals surface area contributed by atoms with Crippen LogP contribution in [0.25, 0.3) is 0 Å². The Bertz CT molecular complexity index is 241. The Hall–Kier alpha value is -0.100. The highest BCUT2D eigenvalue weighted by molar-refractivity contribution is 7.72. The van der Waals surface area contributed by atoms with Crippen molar-refractivity contribution in [2.45, 2.75) is 18.9 Å². The topological polar surface area (TPSA) is 72.2 Å². The van der Waals surface area contributed by atoms with Crippen molar-refractivity contribution in [1.29, 1.82) is 0 Å². The van der Waals surface area contributed by atoms with Crippen molar-refractivity contribution in [1.82, 2.24) is 5.32 Å². The molecule has 1 atom stereocenters. The summed E-state index contributed by atoms with van der Waals surface area (Å²) in [5.41, 5.74) is 5.53. The van der Waals surface area contributed by atoms with Crippen LogP contribution >= 0.6 is 12.4 Å². The molecule has 1 unspecified atom stereocenters. The quantitative estimate of drug-likeness (QED) is 0.497. The fourth-order valence-electron chi connectivity index (χ4n) is 0.936. The van der Waals surface area contributed by atoms with Gasteiger partial charge in [-0.3, -0.25) is 5.32 Å². The van der Waals surface area contributed by atoms with Gasteiger partial charge in [-0.15, -0.1) is 12.4 Å². The highest BCUT2D eigenvalue weighted by Gasteiger charge is 2.14. The molecule has 11 heavy (non-hydrogen) atoms. The van der Waals surface area contributed by atoms with Gasteiger partial charge in [-0.25, -0.2) is 0 Å². The molecule has 1 rings (SSSR count). The molecule has 4 nitrogen and oxygen atoms in total. The maximum Gasteiger partial charge on any atom is 0.228 e. The Labute approximate surface area is 73.1 Å². The van der Waals surface area contributed by atoms with Crippen LogP contribution in [0.1, 0.15) is 12.8 Å². The van der Waals surface area contributed by atoms with E-state index in [1.165, 1.54) is 0 Å². The monoisotopic (exact) mass is 198 g/mol. The zero-order chi connectivity index (χ0) is 7.56.